The second-order valence-corrected chi connectivity index (χ2v) is 7.33. The van der Waals surface area contributed by atoms with E-state index in [9.17, 15) is 5.11 Å². The number of benzene rings is 1. The molecule has 0 bridgehead atoms. The molecule has 2 unspecified atom stereocenters. The largest absolute Gasteiger partial charge is 0.396 e. The van der Waals surface area contributed by atoms with E-state index in [-0.39, 0.29) is 12.0 Å². The van der Waals surface area contributed by atoms with Crippen molar-refractivity contribution in [3.8, 4) is 0 Å². The Labute approximate surface area is 129 Å². The van der Waals surface area contributed by atoms with E-state index in [1.165, 1.54) is 16.7 Å². The van der Waals surface area contributed by atoms with Gasteiger partial charge in [-0.15, -0.1) is 0 Å². The first kappa shape index (κ1) is 16.5. The van der Waals surface area contributed by atoms with Crippen molar-refractivity contribution in [1.29, 1.82) is 0 Å². The summed E-state index contributed by atoms with van der Waals surface area (Å²) in [4.78, 5) is 0. The molecule has 2 heteroatoms. The van der Waals surface area contributed by atoms with Crippen LogP contribution in [0.15, 0.2) is 18.2 Å². The van der Waals surface area contributed by atoms with Crippen molar-refractivity contribution in [2.45, 2.75) is 51.9 Å². The Morgan fingerprint density at radius 1 is 1.05 bits per heavy atom. The van der Waals surface area contributed by atoms with Gasteiger partial charge in [-0.25, -0.2) is 0 Å². The molecule has 0 heterocycles. The molecule has 1 aliphatic rings. The van der Waals surface area contributed by atoms with Gasteiger partial charge in [-0.2, -0.15) is 0 Å². The number of hydrogen-bond donors (Lipinski definition) is 1. The first-order valence-corrected chi connectivity index (χ1v) is 8.11. The second-order valence-electron chi connectivity index (χ2n) is 7.33. The fraction of sp³-hybridized carbons (Fsp3) is 0.684. The lowest BCUT2D eigenvalue weighted by molar-refractivity contribution is 0.169. The van der Waals surface area contributed by atoms with Crippen molar-refractivity contribution < 1.29 is 9.84 Å². The molecule has 1 aliphatic carbocycles. The maximum absolute atomic E-state index is 9.70. The van der Waals surface area contributed by atoms with E-state index in [2.05, 4.69) is 52.8 Å². The molecule has 1 fully saturated rings. The molecular formula is C19H30O2. The van der Waals surface area contributed by atoms with Gasteiger partial charge in [-0.3, -0.25) is 0 Å². The highest BCUT2D eigenvalue weighted by molar-refractivity contribution is 5.43. The van der Waals surface area contributed by atoms with Crippen LogP contribution in [0.2, 0.25) is 0 Å². The maximum atomic E-state index is 9.70. The minimum Gasteiger partial charge on any atom is -0.396 e. The zero-order chi connectivity index (χ0) is 15.8. The van der Waals surface area contributed by atoms with Crippen molar-refractivity contribution in [2.75, 3.05) is 20.3 Å². The number of hydrogen-bond acceptors (Lipinski definition) is 2. The molecule has 2 rings (SSSR count). The smallest absolute Gasteiger partial charge is 0.0502 e. The van der Waals surface area contributed by atoms with Crippen molar-refractivity contribution >= 4 is 0 Å². The summed E-state index contributed by atoms with van der Waals surface area (Å²) in [5.41, 5.74) is 4.23. The fourth-order valence-corrected chi connectivity index (χ4v) is 3.57. The summed E-state index contributed by atoms with van der Waals surface area (Å²) in [6.07, 6.45) is 0. The van der Waals surface area contributed by atoms with Crippen LogP contribution in [0.4, 0.5) is 0 Å². The molecule has 2 nitrogen and oxygen atoms in total. The molecule has 0 spiro atoms. The Morgan fingerprint density at radius 2 is 1.57 bits per heavy atom. The average molecular weight is 290 g/mol. The monoisotopic (exact) mass is 290 g/mol. The highest BCUT2D eigenvalue weighted by atomic mass is 16.5. The van der Waals surface area contributed by atoms with E-state index in [0.717, 1.165) is 6.61 Å². The van der Waals surface area contributed by atoms with E-state index in [1.54, 1.807) is 7.11 Å². The van der Waals surface area contributed by atoms with E-state index in [1.807, 2.05) is 0 Å². The van der Waals surface area contributed by atoms with Crippen LogP contribution in [0.3, 0.4) is 0 Å². The molecule has 21 heavy (non-hydrogen) atoms. The summed E-state index contributed by atoms with van der Waals surface area (Å²) in [7, 11) is 1.75. The van der Waals surface area contributed by atoms with Crippen LogP contribution < -0.4 is 0 Å². The van der Waals surface area contributed by atoms with Gasteiger partial charge in [-0.05, 0) is 40.4 Å². The molecule has 118 valence electrons. The van der Waals surface area contributed by atoms with Gasteiger partial charge in [0.2, 0.25) is 0 Å². The van der Waals surface area contributed by atoms with Crippen LogP contribution in [0.5, 0.6) is 0 Å². The fourth-order valence-electron chi connectivity index (χ4n) is 3.57. The number of aliphatic hydroxyl groups is 1. The predicted octanol–water partition coefficient (Wildman–Crippen LogP) is 4.08. The zero-order valence-electron chi connectivity index (χ0n) is 14.3. The highest BCUT2D eigenvalue weighted by Gasteiger charge is 2.61. The summed E-state index contributed by atoms with van der Waals surface area (Å²) in [5.74, 6) is 1.80. The van der Waals surface area contributed by atoms with Gasteiger partial charge in [0.1, 0.15) is 0 Å². The Morgan fingerprint density at radius 3 is 1.95 bits per heavy atom. The van der Waals surface area contributed by atoms with Gasteiger partial charge in [0, 0.05) is 19.1 Å². The van der Waals surface area contributed by atoms with Gasteiger partial charge in [0.25, 0.3) is 0 Å². The standard InChI is InChI=1S/C19H30O2/c1-12(2)14-7-15(13(3)4)9-16(8-14)19(5)17(10-20)18(19)11-21-6/h7-9,12-13,17-18,20H,10-11H2,1-6H3/t17?,18?,19-/m1/s1. The Kier molecular flexibility index (Phi) is 4.79. The minimum absolute atomic E-state index is 0.0549. The molecule has 0 aromatic heterocycles. The van der Waals surface area contributed by atoms with E-state index in [4.69, 9.17) is 4.74 Å². The third kappa shape index (κ3) is 2.89. The first-order chi connectivity index (χ1) is 9.86. The number of ether oxygens (including phenoxy) is 1. The number of aliphatic hydroxyl groups excluding tert-OH is 1. The van der Waals surface area contributed by atoms with E-state index >= 15 is 0 Å². The van der Waals surface area contributed by atoms with Crippen molar-refractivity contribution in [3.05, 3.63) is 34.9 Å². The average Bonchev–Trinajstić information content (AvgIpc) is 3.03. The van der Waals surface area contributed by atoms with Crippen molar-refractivity contribution in [3.63, 3.8) is 0 Å². The van der Waals surface area contributed by atoms with E-state index < -0.39 is 0 Å². The van der Waals surface area contributed by atoms with Crippen LogP contribution in [0, 0.1) is 11.8 Å². The Balaban J connectivity index is 2.43. The number of rotatable bonds is 6. The predicted molar refractivity (Wildman–Crippen MR) is 87.9 cm³/mol. The van der Waals surface area contributed by atoms with Crippen molar-refractivity contribution in [2.24, 2.45) is 11.8 Å². The lowest BCUT2D eigenvalue weighted by atomic mass is 9.86. The minimum atomic E-state index is 0.0549. The summed E-state index contributed by atoms with van der Waals surface area (Å²) < 4.78 is 5.36. The third-order valence-corrected chi connectivity index (χ3v) is 5.39. The normalized spacial score (nSPS) is 28.4. The van der Waals surface area contributed by atoms with Crippen LogP contribution in [-0.4, -0.2) is 25.4 Å². The lowest BCUT2D eigenvalue weighted by Crippen LogP contribution is -2.11. The zero-order valence-corrected chi connectivity index (χ0v) is 14.3. The third-order valence-electron chi connectivity index (χ3n) is 5.39. The van der Waals surface area contributed by atoms with Crippen LogP contribution in [0.1, 0.15) is 63.1 Å². The summed E-state index contributed by atoms with van der Waals surface area (Å²) in [6, 6.07) is 7.02. The molecule has 1 N–H and O–H groups in total. The van der Waals surface area contributed by atoms with Gasteiger partial charge in [0.15, 0.2) is 0 Å². The van der Waals surface area contributed by atoms with Crippen LogP contribution in [0.25, 0.3) is 0 Å². The van der Waals surface area contributed by atoms with Gasteiger partial charge in [-0.1, -0.05) is 52.8 Å². The maximum Gasteiger partial charge on any atom is 0.0502 e. The molecule has 0 radical (unpaired) electrons. The summed E-state index contributed by atoms with van der Waals surface area (Å²) in [6.45, 7) is 12.2. The number of methoxy groups -OCH3 is 1. The van der Waals surface area contributed by atoms with Crippen LogP contribution in [-0.2, 0) is 10.2 Å². The Bertz CT molecular complexity index is 466. The van der Waals surface area contributed by atoms with Gasteiger partial charge >= 0.3 is 0 Å². The quantitative estimate of drug-likeness (QED) is 0.855. The van der Waals surface area contributed by atoms with Crippen LogP contribution >= 0.6 is 0 Å². The molecular weight excluding hydrogens is 260 g/mol. The second kappa shape index (κ2) is 6.10. The Hall–Kier alpha value is -0.860. The molecule has 0 saturated heterocycles. The summed E-state index contributed by atoms with van der Waals surface area (Å²) >= 11 is 0. The highest BCUT2D eigenvalue weighted by Crippen LogP contribution is 2.60. The topological polar surface area (TPSA) is 29.5 Å². The molecule has 3 atom stereocenters. The molecule has 1 aromatic rings. The van der Waals surface area contributed by atoms with Gasteiger partial charge in [0.05, 0.1) is 6.61 Å². The van der Waals surface area contributed by atoms with Crippen molar-refractivity contribution in [1.82, 2.24) is 0 Å². The molecule has 1 aromatic carbocycles. The molecule has 0 amide bonds. The van der Waals surface area contributed by atoms with Gasteiger partial charge < -0.3 is 9.84 Å². The SMILES string of the molecule is COCC1C(CO)[C@@]1(C)c1cc(C(C)C)cc(C(C)C)c1. The van der Waals surface area contributed by atoms with E-state index in [0.29, 0.717) is 23.7 Å². The molecule has 1 saturated carbocycles. The first-order valence-electron chi connectivity index (χ1n) is 8.11. The lowest BCUT2D eigenvalue weighted by Gasteiger charge is -2.19. The molecule has 0 aliphatic heterocycles. The summed E-state index contributed by atoms with van der Waals surface area (Å²) in [5, 5.41) is 9.70.